The number of piperidine rings is 1. The monoisotopic (exact) mass is 268 g/mol. The lowest BCUT2D eigenvalue weighted by Gasteiger charge is -2.26. The minimum Gasteiger partial charge on any atom is -0.299 e. The first-order valence-electron chi connectivity index (χ1n) is 5.59. The maximum absolute atomic E-state index is 4.33. The van der Waals surface area contributed by atoms with Gasteiger partial charge in [-0.15, -0.1) is 0 Å². The van der Waals surface area contributed by atoms with Crippen LogP contribution in [0.2, 0.25) is 0 Å². The highest BCUT2D eigenvalue weighted by Gasteiger charge is 2.10. The molecule has 0 N–H and O–H groups in total. The topological polar surface area (TPSA) is 16.1 Å². The van der Waals surface area contributed by atoms with E-state index in [2.05, 4.69) is 38.8 Å². The van der Waals surface area contributed by atoms with Gasteiger partial charge in [-0.05, 0) is 59.9 Å². The molecule has 0 spiro atoms. The van der Waals surface area contributed by atoms with Gasteiger partial charge in [-0.2, -0.15) is 0 Å². The fraction of sp³-hybridized carbons (Fsp3) is 0.583. The molecule has 0 saturated carbocycles. The first-order valence-corrected chi connectivity index (χ1v) is 6.38. The van der Waals surface area contributed by atoms with E-state index < -0.39 is 0 Å². The Morgan fingerprint density at radius 2 is 2.07 bits per heavy atom. The zero-order chi connectivity index (χ0) is 10.7. The highest BCUT2D eigenvalue weighted by Crippen LogP contribution is 2.16. The Balaban J connectivity index is 2.00. The van der Waals surface area contributed by atoms with E-state index in [0.717, 1.165) is 11.1 Å². The molecule has 1 saturated heterocycles. The van der Waals surface area contributed by atoms with Crippen molar-refractivity contribution in [1.29, 1.82) is 0 Å². The molecular weight excluding hydrogens is 252 g/mol. The second-order valence-electron chi connectivity index (χ2n) is 4.29. The molecule has 2 heterocycles. The Hall–Kier alpha value is -0.410. The lowest BCUT2D eigenvalue weighted by molar-refractivity contribution is 0.220. The van der Waals surface area contributed by atoms with E-state index in [0.29, 0.717) is 0 Å². The quantitative estimate of drug-likeness (QED) is 0.767. The number of hydrogen-bond acceptors (Lipinski definition) is 2. The molecule has 0 aliphatic carbocycles. The van der Waals surface area contributed by atoms with Gasteiger partial charge in [-0.1, -0.05) is 12.5 Å². The van der Waals surface area contributed by atoms with Crippen molar-refractivity contribution in [3.63, 3.8) is 0 Å². The zero-order valence-corrected chi connectivity index (χ0v) is 10.8. The lowest BCUT2D eigenvalue weighted by Crippen LogP contribution is -2.29. The largest absolute Gasteiger partial charge is 0.299 e. The van der Waals surface area contributed by atoms with Crippen LogP contribution < -0.4 is 0 Å². The predicted octanol–water partition coefficient (Wildman–Crippen LogP) is 3.14. The van der Waals surface area contributed by atoms with E-state index in [1.165, 1.54) is 43.5 Å². The number of halogens is 1. The Bertz CT molecular complexity index is 332. The minimum absolute atomic E-state index is 0.963. The van der Waals surface area contributed by atoms with Crippen molar-refractivity contribution in [3.8, 4) is 0 Å². The molecule has 1 aromatic heterocycles. The second kappa shape index (κ2) is 5.08. The molecule has 1 aliphatic heterocycles. The summed E-state index contributed by atoms with van der Waals surface area (Å²) in [5.74, 6) is 0. The Kier molecular flexibility index (Phi) is 3.76. The van der Waals surface area contributed by atoms with E-state index in [9.17, 15) is 0 Å². The van der Waals surface area contributed by atoms with Crippen molar-refractivity contribution in [2.75, 3.05) is 13.1 Å². The second-order valence-corrected chi connectivity index (χ2v) is 5.04. The molecule has 2 rings (SSSR count). The fourth-order valence-electron chi connectivity index (χ4n) is 2.08. The zero-order valence-electron chi connectivity index (χ0n) is 9.17. The summed E-state index contributed by atoms with van der Waals surface area (Å²) in [4.78, 5) is 6.86. The molecule has 1 aromatic rings. The number of hydrogen-bond donors (Lipinski definition) is 0. The van der Waals surface area contributed by atoms with Gasteiger partial charge in [0.1, 0.15) is 4.60 Å². The van der Waals surface area contributed by atoms with Crippen LogP contribution in [0.1, 0.15) is 30.4 Å². The third-order valence-corrected chi connectivity index (χ3v) is 3.76. The van der Waals surface area contributed by atoms with Crippen LogP contribution in [0.4, 0.5) is 0 Å². The van der Waals surface area contributed by atoms with Crippen LogP contribution >= 0.6 is 15.9 Å². The van der Waals surface area contributed by atoms with E-state index in [4.69, 9.17) is 0 Å². The summed E-state index contributed by atoms with van der Waals surface area (Å²) in [6.07, 6.45) is 6.08. The van der Waals surface area contributed by atoms with Gasteiger partial charge in [0, 0.05) is 12.7 Å². The number of aryl methyl sites for hydroxylation is 1. The molecule has 0 unspecified atom stereocenters. The average molecular weight is 269 g/mol. The Morgan fingerprint density at radius 3 is 2.73 bits per heavy atom. The molecule has 2 nitrogen and oxygen atoms in total. The molecule has 82 valence electrons. The van der Waals surface area contributed by atoms with E-state index >= 15 is 0 Å². The smallest absolute Gasteiger partial charge is 0.108 e. The summed E-state index contributed by atoms with van der Waals surface area (Å²) in [7, 11) is 0. The Morgan fingerprint density at radius 1 is 1.33 bits per heavy atom. The molecule has 1 fully saturated rings. The highest BCUT2D eigenvalue weighted by molar-refractivity contribution is 9.10. The number of rotatable bonds is 2. The summed E-state index contributed by atoms with van der Waals surface area (Å²) in [5, 5.41) is 0. The molecular formula is C12H17BrN2. The fourth-order valence-corrected chi connectivity index (χ4v) is 2.30. The van der Waals surface area contributed by atoms with Gasteiger partial charge in [-0.3, -0.25) is 4.90 Å². The van der Waals surface area contributed by atoms with E-state index in [-0.39, 0.29) is 0 Å². The Labute approximate surface area is 99.8 Å². The van der Waals surface area contributed by atoms with Gasteiger partial charge >= 0.3 is 0 Å². The van der Waals surface area contributed by atoms with Gasteiger partial charge in [-0.25, -0.2) is 4.98 Å². The summed E-state index contributed by atoms with van der Waals surface area (Å²) in [6, 6.07) is 2.23. The first kappa shape index (κ1) is 11.1. The van der Waals surface area contributed by atoms with E-state index in [1.807, 2.05) is 6.20 Å². The van der Waals surface area contributed by atoms with Crippen LogP contribution in [-0.2, 0) is 6.54 Å². The van der Waals surface area contributed by atoms with Crippen molar-refractivity contribution >= 4 is 15.9 Å². The number of pyridine rings is 1. The van der Waals surface area contributed by atoms with Gasteiger partial charge in [0.15, 0.2) is 0 Å². The molecule has 1 aliphatic rings. The van der Waals surface area contributed by atoms with Gasteiger partial charge in [0.25, 0.3) is 0 Å². The van der Waals surface area contributed by atoms with Crippen molar-refractivity contribution in [2.45, 2.75) is 32.7 Å². The predicted molar refractivity (Wildman–Crippen MR) is 65.8 cm³/mol. The summed E-state index contributed by atoms with van der Waals surface area (Å²) >= 11 is 3.43. The summed E-state index contributed by atoms with van der Waals surface area (Å²) < 4.78 is 0.963. The number of likely N-dealkylation sites (tertiary alicyclic amines) is 1. The van der Waals surface area contributed by atoms with Crippen LogP contribution in [-0.4, -0.2) is 23.0 Å². The maximum Gasteiger partial charge on any atom is 0.108 e. The summed E-state index contributed by atoms with van der Waals surface area (Å²) in [5.41, 5.74) is 2.56. The van der Waals surface area contributed by atoms with Crippen LogP contribution in [0.25, 0.3) is 0 Å². The van der Waals surface area contributed by atoms with Crippen molar-refractivity contribution < 1.29 is 0 Å². The van der Waals surface area contributed by atoms with Crippen LogP contribution in [0.5, 0.6) is 0 Å². The van der Waals surface area contributed by atoms with Gasteiger partial charge < -0.3 is 0 Å². The molecule has 0 amide bonds. The third-order valence-electron chi connectivity index (χ3n) is 2.93. The first-order chi connectivity index (χ1) is 7.25. The SMILES string of the molecule is Cc1cc(CN2CCCCC2)cnc1Br. The maximum atomic E-state index is 4.33. The van der Waals surface area contributed by atoms with Crippen LogP contribution in [0.15, 0.2) is 16.9 Å². The molecule has 0 atom stereocenters. The van der Waals surface area contributed by atoms with E-state index in [1.54, 1.807) is 0 Å². The van der Waals surface area contributed by atoms with Crippen LogP contribution in [0, 0.1) is 6.92 Å². The normalized spacial score (nSPS) is 18.0. The summed E-state index contributed by atoms with van der Waals surface area (Å²) in [6.45, 7) is 5.64. The van der Waals surface area contributed by atoms with Crippen molar-refractivity contribution in [2.24, 2.45) is 0 Å². The van der Waals surface area contributed by atoms with Gasteiger partial charge in [0.2, 0.25) is 0 Å². The molecule has 0 bridgehead atoms. The minimum atomic E-state index is 0.963. The van der Waals surface area contributed by atoms with Gasteiger partial charge in [0.05, 0.1) is 0 Å². The van der Waals surface area contributed by atoms with Crippen molar-refractivity contribution in [3.05, 3.63) is 28.0 Å². The van der Waals surface area contributed by atoms with Crippen molar-refractivity contribution in [1.82, 2.24) is 9.88 Å². The third kappa shape index (κ3) is 3.02. The lowest BCUT2D eigenvalue weighted by atomic mass is 10.1. The highest BCUT2D eigenvalue weighted by atomic mass is 79.9. The molecule has 3 heteroatoms. The standard InChI is InChI=1S/C12H17BrN2/c1-10-7-11(8-14-12(10)13)9-15-5-3-2-4-6-15/h7-8H,2-6,9H2,1H3. The number of nitrogens with zero attached hydrogens (tertiary/aromatic N) is 2. The molecule has 0 radical (unpaired) electrons. The molecule has 0 aromatic carbocycles. The molecule has 15 heavy (non-hydrogen) atoms. The average Bonchev–Trinajstić information content (AvgIpc) is 2.25. The number of aromatic nitrogens is 1. The van der Waals surface area contributed by atoms with Crippen LogP contribution in [0.3, 0.4) is 0 Å².